The molecule has 0 fully saturated rings. The van der Waals surface area contributed by atoms with Gasteiger partial charge in [0.2, 0.25) is 10.0 Å². The van der Waals surface area contributed by atoms with Gasteiger partial charge in [0.25, 0.3) is 5.91 Å². The fourth-order valence-corrected chi connectivity index (χ4v) is 2.90. The lowest BCUT2D eigenvalue weighted by Crippen LogP contribution is -2.43. The minimum Gasteiger partial charge on any atom is -0.451 e. The second-order valence-electron chi connectivity index (χ2n) is 5.27. The number of esters is 1. The number of benzene rings is 1. The minimum absolute atomic E-state index is 0.0459. The molecular formula is C16H22N2O5S. The average molecular weight is 354 g/mol. The Morgan fingerprint density at radius 2 is 1.83 bits per heavy atom. The van der Waals surface area contributed by atoms with E-state index < -0.39 is 34.0 Å². The van der Waals surface area contributed by atoms with Crippen molar-refractivity contribution < 1.29 is 22.7 Å². The van der Waals surface area contributed by atoms with Crippen LogP contribution < -0.4 is 10.0 Å². The van der Waals surface area contributed by atoms with E-state index in [2.05, 4.69) is 16.6 Å². The van der Waals surface area contributed by atoms with Crippen molar-refractivity contribution in [1.29, 1.82) is 0 Å². The fourth-order valence-electron chi connectivity index (χ4n) is 1.71. The van der Waals surface area contributed by atoms with E-state index in [1.807, 2.05) is 6.92 Å². The van der Waals surface area contributed by atoms with Crippen LogP contribution in [0, 0.1) is 6.92 Å². The Labute approximate surface area is 142 Å². The first-order valence-corrected chi connectivity index (χ1v) is 8.83. The van der Waals surface area contributed by atoms with Gasteiger partial charge >= 0.3 is 5.97 Å². The van der Waals surface area contributed by atoms with Crippen molar-refractivity contribution in [2.75, 3.05) is 6.54 Å². The zero-order chi connectivity index (χ0) is 18.3. The van der Waals surface area contributed by atoms with Crippen molar-refractivity contribution in [2.24, 2.45) is 0 Å². The van der Waals surface area contributed by atoms with Crippen LogP contribution in [0.2, 0.25) is 0 Å². The van der Waals surface area contributed by atoms with E-state index in [4.69, 9.17) is 4.74 Å². The summed E-state index contributed by atoms with van der Waals surface area (Å²) >= 11 is 0. The van der Waals surface area contributed by atoms with Gasteiger partial charge in [0, 0.05) is 6.54 Å². The SMILES string of the molecule is C=CCNC(=O)[C@H](C)OC(=O)[C@H](C)NS(=O)(=O)c1ccc(C)cc1. The lowest BCUT2D eigenvalue weighted by Gasteiger charge is -2.17. The van der Waals surface area contributed by atoms with Gasteiger partial charge in [0.05, 0.1) is 4.90 Å². The molecule has 7 nitrogen and oxygen atoms in total. The quantitative estimate of drug-likeness (QED) is 0.533. The van der Waals surface area contributed by atoms with Crippen LogP contribution in [0.1, 0.15) is 19.4 Å². The summed E-state index contributed by atoms with van der Waals surface area (Å²) in [6, 6.07) is 5.07. The van der Waals surface area contributed by atoms with E-state index in [1.165, 1.54) is 32.1 Å². The topological polar surface area (TPSA) is 102 Å². The van der Waals surface area contributed by atoms with Crippen LogP contribution >= 0.6 is 0 Å². The highest BCUT2D eigenvalue weighted by Gasteiger charge is 2.26. The van der Waals surface area contributed by atoms with E-state index in [0.29, 0.717) is 0 Å². The summed E-state index contributed by atoms with van der Waals surface area (Å²) < 4.78 is 31.6. The molecule has 2 N–H and O–H groups in total. The first kappa shape index (κ1) is 19.9. The molecule has 24 heavy (non-hydrogen) atoms. The number of aryl methyl sites for hydroxylation is 1. The number of hydrogen-bond acceptors (Lipinski definition) is 5. The van der Waals surface area contributed by atoms with Gasteiger partial charge in [0.1, 0.15) is 6.04 Å². The molecule has 0 aromatic heterocycles. The Morgan fingerprint density at radius 1 is 1.25 bits per heavy atom. The number of carbonyl (C=O) groups excluding carboxylic acids is 2. The average Bonchev–Trinajstić information content (AvgIpc) is 2.52. The third-order valence-electron chi connectivity index (χ3n) is 3.10. The van der Waals surface area contributed by atoms with Gasteiger partial charge in [0.15, 0.2) is 6.10 Å². The first-order chi connectivity index (χ1) is 11.2. The van der Waals surface area contributed by atoms with Crippen LogP contribution in [-0.4, -0.2) is 39.0 Å². The lowest BCUT2D eigenvalue weighted by atomic mass is 10.2. The van der Waals surface area contributed by atoms with Crippen LogP contribution in [0.3, 0.4) is 0 Å². The molecule has 1 aromatic rings. The minimum atomic E-state index is -3.86. The highest BCUT2D eigenvalue weighted by atomic mass is 32.2. The molecule has 0 aliphatic carbocycles. The second-order valence-corrected chi connectivity index (χ2v) is 6.98. The molecule has 0 heterocycles. The van der Waals surface area contributed by atoms with Crippen LogP contribution in [-0.2, 0) is 24.3 Å². The molecule has 0 aliphatic heterocycles. The molecule has 0 unspecified atom stereocenters. The van der Waals surface area contributed by atoms with Gasteiger partial charge in [-0.2, -0.15) is 4.72 Å². The number of carbonyl (C=O) groups is 2. The zero-order valence-electron chi connectivity index (χ0n) is 13.9. The standard InChI is InChI=1S/C16H22N2O5S/c1-5-10-17-15(19)13(4)23-16(20)12(3)18-24(21,22)14-8-6-11(2)7-9-14/h5-9,12-13,18H,1,10H2,2-4H3,(H,17,19)/t12-,13-/m0/s1. The van der Waals surface area contributed by atoms with Crippen molar-refractivity contribution in [3.05, 3.63) is 42.5 Å². The van der Waals surface area contributed by atoms with Crippen molar-refractivity contribution in [3.8, 4) is 0 Å². The Balaban J connectivity index is 2.67. The van der Waals surface area contributed by atoms with Crippen LogP contribution in [0.15, 0.2) is 41.8 Å². The molecule has 132 valence electrons. The van der Waals surface area contributed by atoms with Gasteiger partial charge in [-0.1, -0.05) is 23.8 Å². The molecule has 0 spiro atoms. The van der Waals surface area contributed by atoms with E-state index in [-0.39, 0.29) is 11.4 Å². The molecule has 1 aromatic carbocycles. The largest absolute Gasteiger partial charge is 0.451 e. The molecule has 0 saturated carbocycles. The summed E-state index contributed by atoms with van der Waals surface area (Å²) in [7, 11) is -3.86. The van der Waals surface area contributed by atoms with Crippen molar-refractivity contribution in [2.45, 2.75) is 37.8 Å². The molecule has 0 aliphatic rings. The maximum atomic E-state index is 12.2. The highest BCUT2D eigenvalue weighted by molar-refractivity contribution is 7.89. The number of nitrogens with one attached hydrogen (secondary N) is 2. The van der Waals surface area contributed by atoms with E-state index >= 15 is 0 Å². The molecule has 2 atom stereocenters. The van der Waals surface area contributed by atoms with Gasteiger partial charge in [-0.25, -0.2) is 8.42 Å². The third kappa shape index (κ3) is 5.78. The molecule has 1 amide bonds. The van der Waals surface area contributed by atoms with Crippen molar-refractivity contribution in [1.82, 2.24) is 10.0 Å². The summed E-state index contributed by atoms with van der Waals surface area (Å²) in [5.41, 5.74) is 0.917. The monoisotopic (exact) mass is 354 g/mol. The summed E-state index contributed by atoms with van der Waals surface area (Å²) in [6.07, 6.45) is 0.453. The molecule has 0 saturated heterocycles. The smallest absolute Gasteiger partial charge is 0.324 e. The third-order valence-corrected chi connectivity index (χ3v) is 4.66. The van der Waals surface area contributed by atoms with E-state index in [9.17, 15) is 18.0 Å². The first-order valence-electron chi connectivity index (χ1n) is 7.35. The Morgan fingerprint density at radius 3 is 2.38 bits per heavy atom. The van der Waals surface area contributed by atoms with Crippen LogP contribution in [0.5, 0.6) is 0 Å². The predicted molar refractivity (Wildman–Crippen MR) is 89.7 cm³/mol. The number of hydrogen-bond donors (Lipinski definition) is 2. The number of sulfonamides is 1. The summed E-state index contributed by atoms with van der Waals surface area (Å²) in [6.45, 7) is 8.29. The van der Waals surface area contributed by atoms with Gasteiger partial charge in [-0.05, 0) is 32.9 Å². The van der Waals surface area contributed by atoms with Crippen molar-refractivity contribution in [3.63, 3.8) is 0 Å². The molecule has 0 bridgehead atoms. The summed E-state index contributed by atoms with van der Waals surface area (Å²) in [4.78, 5) is 23.6. The van der Waals surface area contributed by atoms with Crippen molar-refractivity contribution >= 4 is 21.9 Å². The Kier molecular flexibility index (Phi) is 7.12. The highest BCUT2D eigenvalue weighted by Crippen LogP contribution is 2.11. The van der Waals surface area contributed by atoms with E-state index in [0.717, 1.165) is 5.56 Å². The number of amides is 1. The Bertz CT molecular complexity index is 698. The Hall–Kier alpha value is -2.19. The molecule has 0 radical (unpaired) electrons. The molecule has 8 heteroatoms. The maximum absolute atomic E-state index is 12.2. The van der Waals surface area contributed by atoms with Gasteiger partial charge < -0.3 is 10.1 Å². The molecule has 1 rings (SSSR count). The second kappa shape index (κ2) is 8.60. The maximum Gasteiger partial charge on any atom is 0.324 e. The lowest BCUT2D eigenvalue weighted by molar-refractivity contribution is -0.155. The van der Waals surface area contributed by atoms with Crippen LogP contribution in [0.4, 0.5) is 0 Å². The zero-order valence-corrected chi connectivity index (χ0v) is 14.7. The van der Waals surface area contributed by atoms with Gasteiger partial charge in [-0.15, -0.1) is 6.58 Å². The summed E-state index contributed by atoms with van der Waals surface area (Å²) in [5, 5.41) is 2.48. The number of ether oxygens (including phenoxy) is 1. The fraction of sp³-hybridized carbons (Fsp3) is 0.375. The van der Waals surface area contributed by atoms with Crippen LogP contribution in [0.25, 0.3) is 0 Å². The predicted octanol–water partition coefficient (Wildman–Crippen LogP) is 0.896. The van der Waals surface area contributed by atoms with E-state index in [1.54, 1.807) is 12.1 Å². The van der Waals surface area contributed by atoms with Gasteiger partial charge in [-0.3, -0.25) is 9.59 Å². The normalized spacial score (nSPS) is 13.6. The number of rotatable bonds is 8. The molecular weight excluding hydrogens is 332 g/mol. The summed E-state index contributed by atoms with van der Waals surface area (Å²) in [5.74, 6) is -1.33.